The largest absolute Gasteiger partial charge is 0.327 e. The summed E-state index contributed by atoms with van der Waals surface area (Å²) in [4.78, 5) is 0. The molecular formula is C13H24N2O4S2. The van der Waals surface area contributed by atoms with Crippen molar-refractivity contribution in [2.24, 2.45) is 17.6 Å². The molecule has 0 aromatic carbocycles. The molecule has 0 bridgehead atoms. The third-order valence-corrected chi connectivity index (χ3v) is 9.45. The molecule has 1 saturated carbocycles. The molecule has 0 radical (unpaired) electrons. The first-order chi connectivity index (χ1) is 9.79. The van der Waals surface area contributed by atoms with Gasteiger partial charge in [-0.25, -0.2) is 21.1 Å². The van der Waals surface area contributed by atoms with Crippen molar-refractivity contribution in [3.05, 3.63) is 0 Å². The molecule has 2 N–H and O–H groups in total. The Morgan fingerprint density at radius 1 is 1.00 bits per heavy atom. The van der Waals surface area contributed by atoms with Gasteiger partial charge in [0.15, 0.2) is 0 Å². The van der Waals surface area contributed by atoms with E-state index in [4.69, 9.17) is 5.73 Å². The lowest BCUT2D eigenvalue weighted by Gasteiger charge is -2.29. The number of sulfone groups is 1. The lowest BCUT2D eigenvalue weighted by molar-refractivity contribution is 0.260. The summed E-state index contributed by atoms with van der Waals surface area (Å²) in [6.45, 7) is 1.10. The van der Waals surface area contributed by atoms with Gasteiger partial charge in [0.05, 0.1) is 16.8 Å². The number of fused-ring (bicyclic) bond motifs is 1. The first kappa shape index (κ1) is 15.7. The summed E-state index contributed by atoms with van der Waals surface area (Å²) in [5.41, 5.74) is 6.14. The van der Waals surface area contributed by atoms with Crippen molar-refractivity contribution in [1.29, 1.82) is 0 Å². The third kappa shape index (κ3) is 3.00. The minimum absolute atomic E-state index is 0.00287. The maximum absolute atomic E-state index is 12.7. The second kappa shape index (κ2) is 5.47. The van der Waals surface area contributed by atoms with Crippen LogP contribution in [-0.4, -0.2) is 57.0 Å². The average Bonchev–Trinajstić information content (AvgIpc) is 2.84. The van der Waals surface area contributed by atoms with E-state index in [1.54, 1.807) is 4.31 Å². The van der Waals surface area contributed by atoms with Crippen LogP contribution in [0.5, 0.6) is 0 Å². The van der Waals surface area contributed by atoms with Crippen LogP contribution >= 0.6 is 0 Å². The second-order valence-corrected chi connectivity index (χ2v) is 11.2. The maximum Gasteiger partial charge on any atom is 0.217 e. The molecule has 3 fully saturated rings. The Hall–Kier alpha value is -0.180. The number of nitrogens with zero attached hydrogens (tertiary/aromatic N) is 1. The fourth-order valence-electron chi connectivity index (χ4n) is 4.06. The van der Waals surface area contributed by atoms with Crippen molar-refractivity contribution in [2.45, 2.75) is 43.4 Å². The molecule has 8 heteroatoms. The standard InChI is InChI=1S/C13H24N2O4S2/c14-13-3-1-2-10-8-15(9-12(10)13)21(18,19)11-4-6-20(16,17)7-5-11/h10-13H,1-9,14H2. The van der Waals surface area contributed by atoms with Crippen LogP contribution in [-0.2, 0) is 19.9 Å². The van der Waals surface area contributed by atoms with Crippen LogP contribution in [0, 0.1) is 11.8 Å². The van der Waals surface area contributed by atoms with Gasteiger partial charge in [-0.2, -0.15) is 0 Å². The molecule has 122 valence electrons. The fraction of sp³-hybridized carbons (Fsp3) is 1.00. The van der Waals surface area contributed by atoms with Crippen LogP contribution in [0.4, 0.5) is 0 Å². The molecule has 0 spiro atoms. The fourth-order valence-corrected chi connectivity index (χ4v) is 7.88. The van der Waals surface area contributed by atoms with Crippen molar-refractivity contribution >= 4 is 19.9 Å². The van der Waals surface area contributed by atoms with Crippen LogP contribution in [0.1, 0.15) is 32.1 Å². The molecule has 0 amide bonds. The lowest BCUT2D eigenvalue weighted by Crippen LogP contribution is -2.42. The van der Waals surface area contributed by atoms with Crippen LogP contribution < -0.4 is 5.73 Å². The highest BCUT2D eigenvalue weighted by atomic mass is 32.2. The Morgan fingerprint density at radius 2 is 1.67 bits per heavy atom. The molecule has 0 aromatic rings. The van der Waals surface area contributed by atoms with Gasteiger partial charge in [-0.05, 0) is 37.5 Å². The smallest absolute Gasteiger partial charge is 0.217 e. The quantitative estimate of drug-likeness (QED) is 0.762. The highest BCUT2D eigenvalue weighted by Gasteiger charge is 2.45. The minimum atomic E-state index is -3.38. The lowest BCUT2D eigenvalue weighted by atomic mass is 9.78. The van der Waals surface area contributed by atoms with Gasteiger partial charge in [0.1, 0.15) is 9.84 Å². The van der Waals surface area contributed by atoms with Crippen LogP contribution in [0.25, 0.3) is 0 Å². The van der Waals surface area contributed by atoms with E-state index in [9.17, 15) is 16.8 Å². The summed E-state index contributed by atoms with van der Waals surface area (Å²) >= 11 is 0. The van der Waals surface area contributed by atoms with E-state index >= 15 is 0 Å². The zero-order valence-corrected chi connectivity index (χ0v) is 13.8. The van der Waals surface area contributed by atoms with Crippen molar-refractivity contribution in [2.75, 3.05) is 24.6 Å². The van der Waals surface area contributed by atoms with Gasteiger partial charge < -0.3 is 5.73 Å². The Morgan fingerprint density at radius 3 is 2.29 bits per heavy atom. The summed E-state index contributed by atoms with van der Waals surface area (Å²) in [6, 6.07) is 0.107. The Bertz CT molecular complexity index is 588. The second-order valence-electron chi connectivity index (χ2n) is 6.73. The van der Waals surface area contributed by atoms with Gasteiger partial charge in [-0.15, -0.1) is 0 Å². The van der Waals surface area contributed by atoms with E-state index in [1.165, 1.54) is 0 Å². The molecule has 6 nitrogen and oxygen atoms in total. The van der Waals surface area contributed by atoms with E-state index < -0.39 is 25.1 Å². The zero-order valence-electron chi connectivity index (χ0n) is 12.1. The van der Waals surface area contributed by atoms with Crippen molar-refractivity contribution in [3.63, 3.8) is 0 Å². The van der Waals surface area contributed by atoms with Gasteiger partial charge >= 0.3 is 0 Å². The monoisotopic (exact) mass is 336 g/mol. The van der Waals surface area contributed by atoms with Gasteiger partial charge in [0, 0.05) is 19.1 Å². The van der Waals surface area contributed by atoms with E-state index in [0.29, 0.717) is 19.0 Å². The molecule has 1 aliphatic carbocycles. The highest BCUT2D eigenvalue weighted by Crippen LogP contribution is 2.38. The Balaban J connectivity index is 1.72. The summed E-state index contributed by atoms with van der Waals surface area (Å²) in [5, 5.41) is -0.530. The SMILES string of the molecule is NC1CCCC2CN(S(=O)(=O)C3CCS(=O)(=O)CC3)CC12. The molecule has 3 rings (SSSR count). The normalized spacial score (nSPS) is 38.2. The van der Waals surface area contributed by atoms with Gasteiger partial charge in [-0.3, -0.25) is 0 Å². The van der Waals surface area contributed by atoms with Crippen molar-refractivity contribution < 1.29 is 16.8 Å². The topological polar surface area (TPSA) is 97.5 Å². The van der Waals surface area contributed by atoms with E-state index in [1.807, 2.05) is 0 Å². The number of hydrogen-bond acceptors (Lipinski definition) is 5. The predicted octanol–water partition coefficient (Wildman–Crippen LogP) is -0.0474. The summed E-state index contributed by atoms with van der Waals surface area (Å²) in [6.07, 6.45) is 3.60. The van der Waals surface area contributed by atoms with E-state index in [0.717, 1.165) is 19.3 Å². The van der Waals surface area contributed by atoms with Crippen molar-refractivity contribution in [3.8, 4) is 0 Å². The number of hydrogen-bond donors (Lipinski definition) is 1. The number of nitrogens with two attached hydrogens (primary N) is 1. The van der Waals surface area contributed by atoms with Gasteiger partial charge in [0.25, 0.3) is 0 Å². The number of sulfonamides is 1. The van der Waals surface area contributed by atoms with Gasteiger partial charge in [-0.1, -0.05) is 6.42 Å². The average molecular weight is 336 g/mol. The van der Waals surface area contributed by atoms with Gasteiger partial charge in [0.2, 0.25) is 10.0 Å². The summed E-state index contributed by atoms with van der Waals surface area (Å²) < 4.78 is 50.0. The summed E-state index contributed by atoms with van der Waals surface area (Å²) in [5.74, 6) is 0.658. The van der Waals surface area contributed by atoms with Crippen LogP contribution in [0.3, 0.4) is 0 Å². The van der Waals surface area contributed by atoms with Crippen molar-refractivity contribution in [1.82, 2.24) is 4.31 Å². The van der Waals surface area contributed by atoms with E-state index in [2.05, 4.69) is 0 Å². The maximum atomic E-state index is 12.7. The molecule has 2 saturated heterocycles. The molecule has 3 unspecified atom stereocenters. The van der Waals surface area contributed by atoms with Crippen LogP contribution in [0.2, 0.25) is 0 Å². The minimum Gasteiger partial charge on any atom is -0.327 e. The molecule has 21 heavy (non-hydrogen) atoms. The summed E-state index contributed by atoms with van der Waals surface area (Å²) in [7, 11) is -6.41. The predicted molar refractivity (Wildman–Crippen MR) is 81.0 cm³/mol. The molecule has 2 aliphatic heterocycles. The third-order valence-electron chi connectivity index (χ3n) is 5.40. The number of rotatable bonds is 2. The molecule has 3 atom stereocenters. The highest BCUT2D eigenvalue weighted by molar-refractivity contribution is 7.92. The van der Waals surface area contributed by atoms with Crippen LogP contribution in [0.15, 0.2) is 0 Å². The molecule has 3 aliphatic rings. The molecule has 0 aromatic heterocycles. The Kier molecular flexibility index (Phi) is 4.09. The first-order valence-electron chi connectivity index (χ1n) is 7.74. The molecular weight excluding hydrogens is 312 g/mol. The Labute approximate surface area is 127 Å². The zero-order chi connectivity index (χ0) is 15.3. The van der Waals surface area contributed by atoms with E-state index in [-0.39, 0.29) is 36.3 Å². The molecule has 2 heterocycles. The first-order valence-corrected chi connectivity index (χ1v) is 11.1.